The number of fused-ring (bicyclic) bond motifs is 2. The van der Waals surface area contributed by atoms with Gasteiger partial charge < -0.3 is 16.2 Å². The van der Waals surface area contributed by atoms with Gasteiger partial charge in [0.1, 0.15) is 0 Å². The lowest BCUT2D eigenvalue weighted by atomic mass is 9.70. The van der Waals surface area contributed by atoms with Crippen LogP contribution in [0.1, 0.15) is 46.5 Å². The number of hydrogen-bond acceptors (Lipinski definition) is 3. The average Bonchev–Trinajstić information content (AvgIpc) is 2.61. The fourth-order valence-corrected chi connectivity index (χ4v) is 3.86. The summed E-state index contributed by atoms with van der Waals surface area (Å²) >= 11 is 0. The molecule has 2 aliphatic rings. The molecule has 2 rings (SSSR count). The SMILES string of the molecule is CC1(C)C2CCC1(C)C(OCCC(N)C(N)=O)C2. The third-order valence-corrected chi connectivity index (χ3v) is 5.83. The van der Waals surface area contributed by atoms with Gasteiger partial charge in [0.15, 0.2) is 0 Å². The standard InChI is InChI=1S/C14H26N2O2/c1-13(2)9-4-6-14(13,3)11(8-9)18-7-5-10(15)12(16)17/h9-11H,4-8,15H2,1-3H3,(H2,16,17). The predicted molar refractivity (Wildman–Crippen MR) is 70.8 cm³/mol. The second kappa shape index (κ2) is 4.49. The molecule has 0 aliphatic heterocycles. The summed E-state index contributed by atoms with van der Waals surface area (Å²) in [5.41, 5.74) is 11.4. The number of rotatable bonds is 5. The van der Waals surface area contributed by atoms with Crippen molar-refractivity contribution in [3.8, 4) is 0 Å². The van der Waals surface area contributed by atoms with E-state index in [0.717, 1.165) is 12.3 Å². The first-order chi connectivity index (χ1) is 8.29. The Morgan fingerprint density at radius 3 is 2.56 bits per heavy atom. The lowest BCUT2D eigenvalue weighted by molar-refractivity contribution is -0.120. The van der Waals surface area contributed by atoms with Crippen molar-refractivity contribution in [3.63, 3.8) is 0 Å². The second-order valence-corrected chi connectivity index (χ2v) is 6.77. The summed E-state index contributed by atoms with van der Waals surface area (Å²) in [6.07, 6.45) is 4.55. The smallest absolute Gasteiger partial charge is 0.234 e. The highest BCUT2D eigenvalue weighted by Crippen LogP contribution is 2.66. The van der Waals surface area contributed by atoms with Crippen molar-refractivity contribution in [2.45, 2.75) is 58.6 Å². The molecule has 2 aliphatic carbocycles. The number of nitrogens with two attached hydrogens (primary N) is 2. The van der Waals surface area contributed by atoms with E-state index in [1.807, 2.05) is 0 Å². The first kappa shape index (κ1) is 13.8. The predicted octanol–water partition coefficient (Wildman–Crippen LogP) is 1.42. The summed E-state index contributed by atoms with van der Waals surface area (Å²) in [6, 6.07) is -0.579. The van der Waals surface area contributed by atoms with Crippen LogP contribution in [0.2, 0.25) is 0 Å². The maximum absolute atomic E-state index is 10.9. The lowest BCUT2D eigenvalue weighted by Gasteiger charge is -2.39. The van der Waals surface area contributed by atoms with Gasteiger partial charge in [-0.2, -0.15) is 0 Å². The highest BCUT2D eigenvalue weighted by Gasteiger charge is 2.61. The van der Waals surface area contributed by atoms with Gasteiger partial charge in [-0.25, -0.2) is 0 Å². The van der Waals surface area contributed by atoms with E-state index in [0.29, 0.717) is 24.5 Å². The third-order valence-electron chi connectivity index (χ3n) is 5.83. The molecule has 0 heterocycles. The molecule has 2 saturated carbocycles. The van der Waals surface area contributed by atoms with Gasteiger partial charge in [-0.05, 0) is 42.4 Å². The molecule has 0 spiro atoms. The molecule has 2 bridgehead atoms. The molecule has 4 unspecified atom stereocenters. The largest absolute Gasteiger partial charge is 0.378 e. The highest BCUT2D eigenvalue weighted by molar-refractivity contribution is 5.79. The quantitative estimate of drug-likeness (QED) is 0.779. The molecule has 1 amide bonds. The Labute approximate surface area is 109 Å². The molecule has 0 aromatic rings. The summed E-state index contributed by atoms with van der Waals surface area (Å²) in [6.45, 7) is 7.61. The number of amides is 1. The van der Waals surface area contributed by atoms with Crippen LogP contribution < -0.4 is 11.5 Å². The van der Waals surface area contributed by atoms with E-state index in [1.54, 1.807) is 0 Å². The molecule has 4 nitrogen and oxygen atoms in total. The number of carbonyl (C=O) groups excluding carboxylic acids is 1. The molecular formula is C14H26N2O2. The fraction of sp³-hybridized carbons (Fsp3) is 0.929. The van der Waals surface area contributed by atoms with E-state index >= 15 is 0 Å². The van der Waals surface area contributed by atoms with Gasteiger partial charge >= 0.3 is 0 Å². The van der Waals surface area contributed by atoms with E-state index in [-0.39, 0.29) is 5.41 Å². The Kier molecular flexibility index (Phi) is 3.45. The molecule has 4 atom stereocenters. The van der Waals surface area contributed by atoms with Crippen molar-refractivity contribution in [3.05, 3.63) is 0 Å². The number of carbonyl (C=O) groups is 1. The minimum absolute atomic E-state index is 0.272. The monoisotopic (exact) mass is 254 g/mol. The van der Waals surface area contributed by atoms with Crippen LogP contribution in [0.3, 0.4) is 0 Å². The molecule has 4 heteroatoms. The van der Waals surface area contributed by atoms with Gasteiger partial charge in [0.25, 0.3) is 0 Å². The van der Waals surface area contributed by atoms with Crippen LogP contribution in [-0.2, 0) is 9.53 Å². The van der Waals surface area contributed by atoms with Crippen LogP contribution in [0.5, 0.6) is 0 Å². The van der Waals surface area contributed by atoms with Crippen LogP contribution in [0.25, 0.3) is 0 Å². The van der Waals surface area contributed by atoms with Crippen molar-refractivity contribution >= 4 is 5.91 Å². The summed E-state index contributed by atoms with van der Waals surface area (Å²) in [5.74, 6) is 0.329. The normalized spacial score (nSPS) is 38.9. The van der Waals surface area contributed by atoms with Crippen molar-refractivity contribution < 1.29 is 9.53 Å². The van der Waals surface area contributed by atoms with E-state index in [4.69, 9.17) is 16.2 Å². The Morgan fingerprint density at radius 1 is 1.44 bits per heavy atom. The minimum atomic E-state index is -0.579. The zero-order valence-corrected chi connectivity index (χ0v) is 11.7. The molecule has 0 aromatic heterocycles. The van der Waals surface area contributed by atoms with Gasteiger partial charge in [0.2, 0.25) is 5.91 Å². The fourth-order valence-electron chi connectivity index (χ4n) is 3.86. The first-order valence-corrected chi connectivity index (χ1v) is 6.95. The van der Waals surface area contributed by atoms with E-state index in [9.17, 15) is 4.79 Å². The van der Waals surface area contributed by atoms with Crippen LogP contribution in [0.15, 0.2) is 0 Å². The molecule has 104 valence electrons. The van der Waals surface area contributed by atoms with Gasteiger partial charge in [-0.1, -0.05) is 20.8 Å². The van der Waals surface area contributed by atoms with Crippen molar-refractivity contribution in [1.29, 1.82) is 0 Å². The topological polar surface area (TPSA) is 78.3 Å². The van der Waals surface area contributed by atoms with Crippen molar-refractivity contribution in [2.75, 3.05) is 6.61 Å². The third kappa shape index (κ3) is 1.95. The molecule has 18 heavy (non-hydrogen) atoms. The Morgan fingerprint density at radius 2 is 2.11 bits per heavy atom. The molecule has 4 N–H and O–H groups in total. The average molecular weight is 254 g/mol. The second-order valence-electron chi connectivity index (χ2n) is 6.77. The zero-order chi connectivity index (χ0) is 13.6. The molecule has 0 radical (unpaired) electrons. The lowest BCUT2D eigenvalue weighted by Crippen LogP contribution is -2.40. The Hall–Kier alpha value is -0.610. The van der Waals surface area contributed by atoms with Gasteiger partial charge in [-0.15, -0.1) is 0 Å². The van der Waals surface area contributed by atoms with E-state index < -0.39 is 11.9 Å². The maximum atomic E-state index is 10.9. The van der Waals surface area contributed by atoms with Crippen LogP contribution in [-0.4, -0.2) is 24.7 Å². The molecule has 0 saturated heterocycles. The van der Waals surface area contributed by atoms with E-state index in [2.05, 4.69) is 20.8 Å². The van der Waals surface area contributed by atoms with Gasteiger partial charge in [-0.3, -0.25) is 4.79 Å². The summed E-state index contributed by atoms with van der Waals surface area (Å²) in [4.78, 5) is 10.9. The molecular weight excluding hydrogens is 228 g/mol. The highest BCUT2D eigenvalue weighted by atomic mass is 16.5. The number of primary amides is 1. The van der Waals surface area contributed by atoms with E-state index in [1.165, 1.54) is 12.8 Å². The maximum Gasteiger partial charge on any atom is 0.234 e. The minimum Gasteiger partial charge on any atom is -0.378 e. The van der Waals surface area contributed by atoms with Crippen molar-refractivity contribution in [1.82, 2.24) is 0 Å². The summed E-state index contributed by atoms with van der Waals surface area (Å²) in [7, 11) is 0. The van der Waals surface area contributed by atoms with Gasteiger partial charge in [0, 0.05) is 6.61 Å². The number of ether oxygens (including phenoxy) is 1. The number of hydrogen-bond donors (Lipinski definition) is 2. The Bertz CT molecular complexity index is 343. The van der Waals surface area contributed by atoms with Crippen LogP contribution in [0.4, 0.5) is 0 Å². The summed E-state index contributed by atoms with van der Waals surface area (Å²) in [5, 5.41) is 0. The first-order valence-electron chi connectivity index (χ1n) is 6.95. The molecule has 0 aromatic carbocycles. The summed E-state index contributed by atoms with van der Waals surface area (Å²) < 4.78 is 6.01. The Balaban J connectivity index is 1.88. The molecule has 2 fully saturated rings. The van der Waals surface area contributed by atoms with Crippen LogP contribution in [0, 0.1) is 16.7 Å². The van der Waals surface area contributed by atoms with Crippen LogP contribution >= 0.6 is 0 Å². The zero-order valence-electron chi connectivity index (χ0n) is 11.7. The van der Waals surface area contributed by atoms with Gasteiger partial charge in [0.05, 0.1) is 12.1 Å². The van der Waals surface area contributed by atoms with Crippen molar-refractivity contribution in [2.24, 2.45) is 28.2 Å².